The number of carbonyl (C=O) groups excluding carboxylic acids is 1. The van der Waals surface area contributed by atoms with Crippen molar-refractivity contribution in [2.75, 3.05) is 0 Å². The predicted octanol–water partition coefficient (Wildman–Crippen LogP) is 3.35. The molecule has 0 saturated heterocycles. The maximum atomic E-state index is 12.7. The van der Waals surface area contributed by atoms with E-state index >= 15 is 0 Å². The lowest BCUT2D eigenvalue weighted by Crippen LogP contribution is -2.12. The molecule has 0 bridgehead atoms. The highest BCUT2D eigenvalue weighted by molar-refractivity contribution is 5.78. The third-order valence-electron chi connectivity index (χ3n) is 2.25. The quantitative estimate of drug-likeness (QED) is 0.179. The predicted molar refractivity (Wildman–Crippen MR) is 76.1 cm³/mol. The summed E-state index contributed by atoms with van der Waals surface area (Å²) in [5.74, 6) is -0.490. The van der Waals surface area contributed by atoms with E-state index in [1.54, 1.807) is 30.3 Å². The van der Waals surface area contributed by atoms with E-state index in [0.717, 1.165) is 0 Å². The molecule has 0 unspecified atom stereocenters. The molecule has 0 heterocycles. The van der Waals surface area contributed by atoms with Crippen LogP contribution in [-0.2, 0) is 4.84 Å². The van der Waals surface area contributed by atoms with Gasteiger partial charge in [0, 0.05) is 0 Å². The molecule has 0 amide bonds. The van der Waals surface area contributed by atoms with E-state index in [1.165, 1.54) is 24.3 Å². The number of hydrogen-bond donors (Lipinski definition) is 1. The molecular weight excluding hydrogens is 291 g/mol. The number of nitrogens with two attached hydrogens (primary N) is 1. The van der Waals surface area contributed by atoms with Gasteiger partial charge in [0.1, 0.15) is 11.6 Å². The molecule has 0 aliphatic carbocycles. The molecule has 0 aliphatic heterocycles. The zero-order valence-corrected chi connectivity index (χ0v) is 11.2. The average molecular weight is 302 g/mol. The van der Waals surface area contributed by atoms with E-state index < -0.39 is 17.9 Å². The van der Waals surface area contributed by atoms with Crippen LogP contribution < -0.4 is 10.5 Å². The van der Waals surface area contributed by atoms with Crippen LogP contribution in [0.3, 0.4) is 0 Å². The zero-order chi connectivity index (χ0) is 15.8. The van der Waals surface area contributed by atoms with E-state index in [9.17, 15) is 9.18 Å². The van der Waals surface area contributed by atoms with Crippen LogP contribution >= 0.6 is 0 Å². The monoisotopic (exact) mass is 302 g/mol. The van der Waals surface area contributed by atoms with Gasteiger partial charge in [-0.15, -0.1) is 10.2 Å². The Bertz CT molecular complexity index is 687. The first-order chi connectivity index (χ1) is 10.6. The molecule has 0 aromatic heterocycles. The van der Waals surface area contributed by atoms with Gasteiger partial charge in [-0.3, -0.25) is 4.84 Å². The lowest BCUT2D eigenvalue weighted by atomic mass is 10.3. The first-order valence-electron chi connectivity index (χ1n) is 6.08. The summed E-state index contributed by atoms with van der Waals surface area (Å²) in [5, 5.41) is 10.4. The van der Waals surface area contributed by atoms with Crippen LogP contribution in [-0.4, -0.2) is 12.1 Å². The summed E-state index contributed by atoms with van der Waals surface area (Å²) in [6, 6.07) is 13.5. The van der Waals surface area contributed by atoms with Gasteiger partial charge in [0.05, 0.1) is 5.69 Å². The minimum Gasteiger partial charge on any atom is -0.393 e. The maximum Gasteiger partial charge on any atom is 0.540 e. The number of hydrogen-bond acceptors (Lipinski definition) is 5. The topological polar surface area (TPSA) is 98.6 Å². The second-order valence-electron chi connectivity index (χ2n) is 3.88. The number of benzene rings is 2. The Morgan fingerprint density at radius 1 is 1.05 bits per heavy atom. The lowest BCUT2D eigenvalue weighted by Gasteiger charge is -2.00. The number of rotatable bonds is 3. The van der Waals surface area contributed by atoms with E-state index in [-0.39, 0.29) is 0 Å². The Balaban J connectivity index is 1.86. The van der Waals surface area contributed by atoms with E-state index in [2.05, 4.69) is 20.2 Å². The van der Waals surface area contributed by atoms with Gasteiger partial charge >= 0.3 is 6.16 Å². The summed E-state index contributed by atoms with van der Waals surface area (Å²) in [7, 11) is 0. The summed E-state index contributed by atoms with van der Waals surface area (Å²) in [6.07, 6.45) is -1.06. The van der Waals surface area contributed by atoms with Crippen LogP contribution in [0.4, 0.5) is 14.9 Å². The molecule has 112 valence electrons. The van der Waals surface area contributed by atoms with Crippen molar-refractivity contribution in [3.8, 4) is 5.75 Å². The fraction of sp³-hybridized carbons (Fsp3) is 0. The summed E-state index contributed by atoms with van der Waals surface area (Å²) >= 11 is 0. The minimum absolute atomic E-state index is 0.300. The van der Waals surface area contributed by atoms with Crippen molar-refractivity contribution in [2.24, 2.45) is 21.1 Å². The zero-order valence-electron chi connectivity index (χ0n) is 11.2. The van der Waals surface area contributed by atoms with Gasteiger partial charge in [-0.1, -0.05) is 18.2 Å². The first-order valence-corrected chi connectivity index (χ1v) is 6.08. The molecule has 2 aromatic rings. The Labute approximate surface area is 124 Å². The largest absolute Gasteiger partial charge is 0.540 e. The SMILES string of the molecule is N/C(N=Nc1ccc(F)cc1)=N\OC(=O)Oc1ccccc1. The second-order valence-corrected chi connectivity index (χ2v) is 3.88. The fourth-order valence-electron chi connectivity index (χ4n) is 1.32. The number of para-hydroxylation sites is 1. The van der Waals surface area contributed by atoms with Gasteiger partial charge < -0.3 is 10.5 Å². The third kappa shape index (κ3) is 5.00. The van der Waals surface area contributed by atoms with Crippen LogP contribution in [0.15, 0.2) is 70.0 Å². The number of oxime groups is 1. The van der Waals surface area contributed by atoms with Crippen molar-refractivity contribution in [3.05, 3.63) is 60.4 Å². The Morgan fingerprint density at radius 3 is 2.41 bits per heavy atom. The summed E-state index contributed by atoms with van der Waals surface area (Å²) < 4.78 is 17.5. The van der Waals surface area contributed by atoms with E-state index in [1.807, 2.05) is 0 Å². The molecule has 7 nitrogen and oxygen atoms in total. The molecule has 22 heavy (non-hydrogen) atoms. The van der Waals surface area contributed by atoms with Gasteiger partial charge in [-0.25, -0.2) is 9.18 Å². The van der Waals surface area contributed by atoms with Gasteiger partial charge in [0.25, 0.3) is 5.96 Å². The normalized spacial score (nSPS) is 11.4. The average Bonchev–Trinajstić information content (AvgIpc) is 2.53. The number of carbonyl (C=O) groups is 1. The second kappa shape index (κ2) is 7.48. The molecule has 2 aromatic carbocycles. The van der Waals surface area contributed by atoms with Crippen LogP contribution in [0, 0.1) is 5.82 Å². The van der Waals surface area contributed by atoms with Gasteiger partial charge in [0.2, 0.25) is 0 Å². The third-order valence-corrected chi connectivity index (χ3v) is 2.25. The molecular formula is C14H11FN4O3. The Kier molecular flexibility index (Phi) is 5.14. The summed E-state index contributed by atoms with van der Waals surface area (Å²) in [5.41, 5.74) is 5.74. The van der Waals surface area contributed by atoms with Gasteiger partial charge in [0.15, 0.2) is 0 Å². The fourth-order valence-corrected chi connectivity index (χ4v) is 1.32. The number of ether oxygens (including phenoxy) is 1. The number of guanidine groups is 1. The standard InChI is InChI=1S/C14H11FN4O3/c15-10-6-8-11(9-7-10)17-18-13(16)19-22-14(20)21-12-4-2-1-3-5-12/h1-9H,(H2,16,19). The highest BCUT2D eigenvalue weighted by Crippen LogP contribution is 2.12. The van der Waals surface area contributed by atoms with Crippen molar-refractivity contribution >= 4 is 17.8 Å². The maximum absolute atomic E-state index is 12.7. The molecule has 0 aliphatic rings. The molecule has 0 radical (unpaired) electrons. The number of nitrogens with zero attached hydrogens (tertiary/aromatic N) is 3. The minimum atomic E-state index is -1.06. The molecule has 8 heteroatoms. The molecule has 0 saturated carbocycles. The van der Waals surface area contributed by atoms with Crippen LogP contribution in [0.5, 0.6) is 5.75 Å². The number of azo groups is 1. The summed E-state index contributed by atoms with van der Waals surface area (Å²) in [4.78, 5) is 15.7. The first kappa shape index (κ1) is 15.1. The molecule has 0 atom stereocenters. The highest BCUT2D eigenvalue weighted by Gasteiger charge is 2.05. The van der Waals surface area contributed by atoms with Gasteiger partial charge in [-0.2, -0.15) is 0 Å². The van der Waals surface area contributed by atoms with E-state index in [4.69, 9.17) is 10.5 Å². The molecule has 0 fully saturated rings. The van der Waals surface area contributed by atoms with Crippen molar-refractivity contribution in [3.63, 3.8) is 0 Å². The molecule has 2 N–H and O–H groups in total. The van der Waals surface area contributed by atoms with Crippen molar-refractivity contribution < 1.29 is 18.8 Å². The summed E-state index contributed by atoms with van der Waals surface area (Å²) in [6.45, 7) is 0. The Hall–Kier alpha value is -3.29. The number of halogens is 1. The smallest absolute Gasteiger partial charge is 0.393 e. The van der Waals surface area contributed by atoms with Gasteiger partial charge in [-0.05, 0) is 41.6 Å². The highest BCUT2D eigenvalue weighted by atomic mass is 19.1. The van der Waals surface area contributed by atoms with Crippen LogP contribution in [0.25, 0.3) is 0 Å². The van der Waals surface area contributed by atoms with Crippen molar-refractivity contribution in [1.82, 2.24) is 0 Å². The molecule has 0 spiro atoms. The Morgan fingerprint density at radius 2 is 1.73 bits per heavy atom. The van der Waals surface area contributed by atoms with Crippen LogP contribution in [0.1, 0.15) is 0 Å². The lowest BCUT2D eigenvalue weighted by molar-refractivity contribution is 0.102. The van der Waals surface area contributed by atoms with Crippen molar-refractivity contribution in [1.29, 1.82) is 0 Å². The van der Waals surface area contributed by atoms with Crippen LogP contribution in [0.2, 0.25) is 0 Å². The van der Waals surface area contributed by atoms with Crippen molar-refractivity contribution in [2.45, 2.75) is 0 Å². The van der Waals surface area contributed by atoms with E-state index in [0.29, 0.717) is 11.4 Å². The molecule has 2 rings (SSSR count).